The van der Waals surface area contributed by atoms with Crippen molar-refractivity contribution in [2.45, 2.75) is 26.4 Å². The van der Waals surface area contributed by atoms with Gasteiger partial charge in [-0.3, -0.25) is 0 Å². The van der Waals surface area contributed by atoms with Crippen molar-refractivity contribution in [1.29, 1.82) is 0 Å². The first kappa shape index (κ1) is 19.6. The van der Waals surface area contributed by atoms with Crippen molar-refractivity contribution in [3.05, 3.63) is 47.5 Å². The zero-order chi connectivity index (χ0) is 19.6. The average molecular weight is 372 g/mol. The summed E-state index contributed by atoms with van der Waals surface area (Å²) in [5.74, 6) is -7.17. The van der Waals surface area contributed by atoms with Crippen LogP contribution < -0.4 is 4.74 Å². The Bertz CT molecular complexity index is 844. The minimum absolute atomic E-state index is 0.412. The number of carbonyl (C=O) groups excluding carboxylic acids is 1. The Kier molecular flexibility index (Phi) is 5.44. The van der Waals surface area contributed by atoms with Gasteiger partial charge in [0.1, 0.15) is 17.2 Å². The maximum absolute atomic E-state index is 14.1. The predicted molar refractivity (Wildman–Crippen MR) is 84.7 cm³/mol. The number of hydrogen-bond acceptors (Lipinski definition) is 4. The van der Waals surface area contributed by atoms with E-state index in [2.05, 4.69) is 0 Å². The third kappa shape index (κ3) is 4.65. The van der Waals surface area contributed by atoms with E-state index in [1.807, 2.05) is 0 Å². The second-order valence-corrected chi connectivity index (χ2v) is 6.42. The smallest absolute Gasteiger partial charge is 0.344 e. The molecule has 140 valence electrons. The molecule has 2 aromatic carbocycles. The Morgan fingerprint density at radius 1 is 0.962 bits per heavy atom. The van der Waals surface area contributed by atoms with Gasteiger partial charge in [0, 0.05) is 23.3 Å². The van der Waals surface area contributed by atoms with Crippen molar-refractivity contribution in [2.24, 2.45) is 0 Å². The molecule has 0 radical (unpaired) electrons. The second-order valence-electron chi connectivity index (χ2n) is 6.42. The molecule has 0 saturated heterocycles. The van der Waals surface area contributed by atoms with E-state index < -0.39 is 64.1 Å². The number of ether oxygens (including phenoxy) is 2. The van der Waals surface area contributed by atoms with Crippen molar-refractivity contribution in [2.75, 3.05) is 6.61 Å². The molecule has 0 aliphatic heterocycles. The summed E-state index contributed by atoms with van der Waals surface area (Å²) in [5, 5.41) is 9.78. The number of phenols is 1. The second kappa shape index (κ2) is 7.23. The normalized spacial score (nSPS) is 11.3. The lowest BCUT2D eigenvalue weighted by Crippen LogP contribution is -2.27. The fraction of sp³-hybridized carbons (Fsp3) is 0.278. The van der Waals surface area contributed by atoms with Crippen LogP contribution in [0, 0.1) is 23.3 Å². The Balaban J connectivity index is 2.44. The van der Waals surface area contributed by atoms with Crippen LogP contribution in [0.2, 0.25) is 0 Å². The van der Waals surface area contributed by atoms with E-state index in [0.717, 1.165) is 6.07 Å². The Morgan fingerprint density at radius 3 is 2.08 bits per heavy atom. The van der Waals surface area contributed by atoms with Crippen LogP contribution in [0.5, 0.6) is 11.5 Å². The van der Waals surface area contributed by atoms with E-state index in [1.165, 1.54) is 0 Å². The standard InChI is InChI=1S/C18H16F4O4/c1-18(2,3)26-15(23)8-25-17-12(5-10(20)7-14(17)22)11-4-9(19)6-13(21)16(11)24/h4-7,24H,8H2,1-3H3. The van der Waals surface area contributed by atoms with Gasteiger partial charge in [0.25, 0.3) is 0 Å². The molecule has 0 heterocycles. The van der Waals surface area contributed by atoms with Gasteiger partial charge in [-0.05, 0) is 32.9 Å². The van der Waals surface area contributed by atoms with Crippen LogP contribution in [-0.2, 0) is 9.53 Å². The molecule has 8 heteroatoms. The van der Waals surface area contributed by atoms with E-state index in [-0.39, 0.29) is 0 Å². The molecule has 2 aromatic rings. The number of benzene rings is 2. The lowest BCUT2D eigenvalue weighted by Gasteiger charge is -2.20. The molecule has 0 spiro atoms. The Morgan fingerprint density at radius 2 is 1.50 bits per heavy atom. The molecule has 0 aromatic heterocycles. The van der Waals surface area contributed by atoms with Gasteiger partial charge in [-0.2, -0.15) is 0 Å². The Labute approximate surface area is 147 Å². The highest BCUT2D eigenvalue weighted by Crippen LogP contribution is 2.39. The summed E-state index contributed by atoms with van der Waals surface area (Å²) in [5.41, 5.74) is -1.80. The third-order valence-corrected chi connectivity index (χ3v) is 3.08. The van der Waals surface area contributed by atoms with Gasteiger partial charge in [-0.25, -0.2) is 22.4 Å². The Hall–Kier alpha value is -2.77. The summed E-state index contributed by atoms with van der Waals surface area (Å²) < 4.78 is 64.8. The van der Waals surface area contributed by atoms with Crippen LogP contribution in [0.1, 0.15) is 20.8 Å². The highest BCUT2D eigenvalue weighted by molar-refractivity contribution is 5.77. The molecule has 0 aliphatic carbocycles. The molecule has 0 fully saturated rings. The van der Waals surface area contributed by atoms with Gasteiger partial charge in [0.15, 0.2) is 29.7 Å². The fourth-order valence-electron chi connectivity index (χ4n) is 2.18. The number of aromatic hydroxyl groups is 1. The number of esters is 1. The monoisotopic (exact) mass is 372 g/mol. The van der Waals surface area contributed by atoms with Gasteiger partial charge in [0.2, 0.25) is 0 Å². The molecule has 4 nitrogen and oxygen atoms in total. The molecule has 0 unspecified atom stereocenters. The maximum Gasteiger partial charge on any atom is 0.344 e. The molecule has 0 amide bonds. The molecule has 0 aliphatic rings. The lowest BCUT2D eigenvalue weighted by atomic mass is 10.0. The van der Waals surface area contributed by atoms with Crippen molar-refractivity contribution in [3.63, 3.8) is 0 Å². The van der Waals surface area contributed by atoms with Gasteiger partial charge in [-0.1, -0.05) is 0 Å². The lowest BCUT2D eigenvalue weighted by molar-refractivity contribution is -0.157. The number of halogens is 4. The first-order valence-corrected chi connectivity index (χ1v) is 7.50. The molecule has 0 bridgehead atoms. The first-order chi connectivity index (χ1) is 12.0. The third-order valence-electron chi connectivity index (χ3n) is 3.08. The van der Waals surface area contributed by atoms with Crippen molar-refractivity contribution >= 4 is 5.97 Å². The molecular formula is C18H16F4O4. The van der Waals surface area contributed by atoms with Crippen LogP contribution in [0.25, 0.3) is 11.1 Å². The largest absolute Gasteiger partial charge is 0.504 e. The number of rotatable bonds is 4. The summed E-state index contributed by atoms with van der Waals surface area (Å²) in [6.07, 6.45) is 0. The summed E-state index contributed by atoms with van der Waals surface area (Å²) >= 11 is 0. The van der Waals surface area contributed by atoms with Crippen LogP contribution in [0.3, 0.4) is 0 Å². The van der Waals surface area contributed by atoms with Gasteiger partial charge in [-0.15, -0.1) is 0 Å². The van der Waals surface area contributed by atoms with Crippen LogP contribution >= 0.6 is 0 Å². The molecule has 0 saturated carbocycles. The van der Waals surface area contributed by atoms with E-state index in [0.29, 0.717) is 18.2 Å². The maximum atomic E-state index is 14.1. The zero-order valence-corrected chi connectivity index (χ0v) is 14.2. The summed E-state index contributed by atoms with van der Waals surface area (Å²) in [6.45, 7) is 4.11. The van der Waals surface area contributed by atoms with E-state index >= 15 is 0 Å². The highest BCUT2D eigenvalue weighted by atomic mass is 19.1. The number of hydrogen-bond donors (Lipinski definition) is 1. The fourth-order valence-corrected chi connectivity index (χ4v) is 2.18. The van der Waals surface area contributed by atoms with Crippen LogP contribution in [0.4, 0.5) is 17.6 Å². The molecule has 1 N–H and O–H groups in total. The zero-order valence-electron chi connectivity index (χ0n) is 14.2. The molecule has 0 atom stereocenters. The molecule has 26 heavy (non-hydrogen) atoms. The van der Waals surface area contributed by atoms with Gasteiger partial charge >= 0.3 is 5.97 Å². The van der Waals surface area contributed by atoms with Crippen molar-refractivity contribution < 1.29 is 36.9 Å². The summed E-state index contributed by atoms with van der Waals surface area (Å²) in [7, 11) is 0. The quantitative estimate of drug-likeness (QED) is 0.641. The minimum Gasteiger partial charge on any atom is -0.504 e. The van der Waals surface area contributed by atoms with E-state index in [1.54, 1.807) is 20.8 Å². The highest BCUT2D eigenvalue weighted by Gasteiger charge is 2.22. The van der Waals surface area contributed by atoms with Gasteiger partial charge < -0.3 is 14.6 Å². The topological polar surface area (TPSA) is 55.8 Å². The van der Waals surface area contributed by atoms with Crippen molar-refractivity contribution in [3.8, 4) is 22.6 Å². The van der Waals surface area contributed by atoms with E-state index in [4.69, 9.17) is 9.47 Å². The minimum atomic E-state index is -1.32. The van der Waals surface area contributed by atoms with E-state index in [9.17, 15) is 27.5 Å². The summed E-state index contributed by atoms with van der Waals surface area (Å²) in [4.78, 5) is 11.7. The molecular weight excluding hydrogens is 356 g/mol. The average Bonchev–Trinajstić information content (AvgIpc) is 2.47. The predicted octanol–water partition coefficient (Wildman–Crippen LogP) is 4.34. The number of carbonyl (C=O) groups is 1. The van der Waals surface area contributed by atoms with Crippen molar-refractivity contribution in [1.82, 2.24) is 0 Å². The SMILES string of the molecule is CC(C)(C)OC(=O)COc1c(F)cc(F)cc1-c1cc(F)cc(F)c1O. The molecule has 2 rings (SSSR count). The van der Waals surface area contributed by atoms with Gasteiger partial charge in [0.05, 0.1) is 0 Å². The van der Waals surface area contributed by atoms with Crippen LogP contribution in [-0.4, -0.2) is 23.3 Å². The van der Waals surface area contributed by atoms with Crippen LogP contribution in [0.15, 0.2) is 24.3 Å². The number of phenolic OH excluding ortho intramolecular Hbond substituents is 1. The first-order valence-electron chi connectivity index (χ1n) is 7.50. The summed E-state index contributed by atoms with van der Waals surface area (Å²) in [6, 6.07) is 2.30.